The molecular formula is C8H6ClNO2. The SMILES string of the molecule is O=C1NCc2c(O)ccc(Cl)c21. The van der Waals surface area contributed by atoms with Crippen LogP contribution in [-0.4, -0.2) is 11.0 Å². The zero-order chi connectivity index (χ0) is 8.72. The van der Waals surface area contributed by atoms with E-state index in [2.05, 4.69) is 5.32 Å². The van der Waals surface area contributed by atoms with Crippen LogP contribution in [0, 0.1) is 0 Å². The van der Waals surface area contributed by atoms with Gasteiger partial charge in [0.25, 0.3) is 5.91 Å². The summed E-state index contributed by atoms with van der Waals surface area (Å²) in [6.07, 6.45) is 0. The van der Waals surface area contributed by atoms with Crippen LogP contribution >= 0.6 is 11.6 Å². The smallest absolute Gasteiger partial charge is 0.253 e. The lowest BCUT2D eigenvalue weighted by molar-refractivity contribution is 0.0966. The number of aromatic hydroxyl groups is 1. The maximum atomic E-state index is 11.1. The van der Waals surface area contributed by atoms with Gasteiger partial charge in [-0.2, -0.15) is 0 Å². The van der Waals surface area contributed by atoms with Gasteiger partial charge in [0.1, 0.15) is 5.75 Å². The Kier molecular flexibility index (Phi) is 1.48. The summed E-state index contributed by atoms with van der Waals surface area (Å²) in [6, 6.07) is 3.00. The molecule has 62 valence electrons. The summed E-state index contributed by atoms with van der Waals surface area (Å²) in [6.45, 7) is 0.362. The zero-order valence-electron chi connectivity index (χ0n) is 6.10. The molecule has 0 saturated heterocycles. The molecule has 0 aliphatic carbocycles. The molecule has 1 aliphatic heterocycles. The van der Waals surface area contributed by atoms with Gasteiger partial charge in [-0.3, -0.25) is 4.79 Å². The molecule has 0 fully saturated rings. The predicted molar refractivity (Wildman–Crippen MR) is 44.3 cm³/mol. The van der Waals surface area contributed by atoms with Crippen LogP contribution in [0.25, 0.3) is 0 Å². The van der Waals surface area contributed by atoms with Crippen molar-refractivity contribution < 1.29 is 9.90 Å². The standard InChI is InChI=1S/C8H6ClNO2/c9-5-1-2-6(11)4-3-10-8(12)7(4)5/h1-2,11H,3H2,(H,10,12). The van der Waals surface area contributed by atoms with Gasteiger partial charge < -0.3 is 10.4 Å². The van der Waals surface area contributed by atoms with E-state index in [0.717, 1.165) is 0 Å². The number of phenols is 1. The third kappa shape index (κ3) is 0.865. The van der Waals surface area contributed by atoms with Gasteiger partial charge in [-0.05, 0) is 12.1 Å². The Balaban J connectivity index is 2.72. The van der Waals surface area contributed by atoms with Crippen LogP contribution in [0.5, 0.6) is 5.75 Å². The molecule has 0 saturated carbocycles. The average Bonchev–Trinajstić information content (AvgIpc) is 2.42. The highest BCUT2D eigenvalue weighted by molar-refractivity contribution is 6.34. The molecule has 0 aromatic heterocycles. The minimum atomic E-state index is -0.217. The van der Waals surface area contributed by atoms with E-state index in [1.807, 2.05) is 0 Å². The van der Waals surface area contributed by atoms with Crippen LogP contribution in [0.2, 0.25) is 5.02 Å². The molecule has 0 atom stereocenters. The molecule has 0 unspecified atom stereocenters. The van der Waals surface area contributed by atoms with Crippen LogP contribution in [0.4, 0.5) is 0 Å². The summed E-state index contributed by atoms with van der Waals surface area (Å²) in [5.41, 5.74) is 0.990. The summed E-state index contributed by atoms with van der Waals surface area (Å²) >= 11 is 5.76. The van der Waals surface area contributed by atoms with Gasteiger partial charge in [0.05, 0.1) is 10.6 Å². The zero-order valence-corrected chi connectivity index (χ0v) is 6.85. The molecule has 1 aromatic carbocycles. The number of hydrogen-bond acceptors (Lipinski definition) is 2. The summed E-state index contributed by atoms with van der Waals surface area (Å²) in [7, 11) is 0. The maximum absolute atomic E-state index is 11.1. The van der Waals surface area contributed by atoms with E-state index in [0.29, 0.717) is 22.7 Å². The number of carbonyl (C=O) groups is 1. The van der Waals surface area contributed by atoms with Crippen molar-refractivity contribution in [3.8, 4) is 5.75 Å². The third-order valence-corrected chi connectivity index (χ3v) is 2.21. The Hall–Kier alpha value is -1.22. The van der Waals surface area contributed by atoms with Gasteiger partial charge in [-0.1, -0.05) is 11.6 Å². The Bertz CT molecular complexity index is 362. The number of carbonyl (C=O) groups excluding carboxylic acids is 1. The van der Waals surface area contributed by atoms with Crippen molar-refractivity contribution in [2.75, 3.05) is 0 Å². The first kappa shape index (κ1) is 7.43. The van der Waals surface area contributed by atoms with Crippen molar-refractivity contribution >= 4 is 17.5 Å². The van der Waals surface area contributed by atoms with Gasteiger partial charge in [-0.25, -0.2) is 0 Å². The van der Waals surface area contributed by atoms with Gasteiger partial charge >= 0.3 is 0 Å². The minimum Gasteiger partial charge on any atom is -0.508 e. The largest absolute Gasteiger partial charge is 0.508 e. The fourth-order valence-electron chi connectivity index (χ4n) is 1.29. The maximum Gasteiger partial charge on any atom is 0.253 e. The molecule has 2 N–H and O–H groups in total. The number of amides is 1. The second-order valence-electron chi connectivity index (χ2n) is 2.60. The normalized spacial score (nSPS) is 14.2. The number of rotatable bonds is 0. The lowest BCUT2D eigenvalue weighted by Gasteiger charge is -2.00. The lowest BCUT2D eigenvalue weighted by atomic mass is 10.1. The first-order chi connectivity index (χ1) is 5.70. The quantitative estimate of drug-likeness (QED) is 0.637. The molecule has 0 spiro atoms. The van der Waals surface area contributed by atoms with Crippen molar-refractivity contribution in [1.29, 1.82) is 0 Å². The molecule has 1 amide bonds. The second-order valence-corrected chi connectivity index (χ2v) is 3.01. The van der Waals surface area contributed by atoms with Gasteiger partial charge in [0.2, 0.25) is 0 Å². The van der Waals surface area contributed by atoms with Gasteiger partial charge in [-0.15, -0.1) is 0 Å². The number of phenolic OH excluding ortho intramolecular Hbond substituents is 1. The molecule has 1 aliphatic rings. The van der Waals surface area contributed by atoms with E-state index < -0.39 is 0 Å². The average molecular weight is 184 g/mol. The predicted octanol–water partition coefficient (Wildman–Crippen LogP) is 1.29. The van der Waals surface area contributed by atoms with Crippen molar-refractivity contribution in [2.45, 2.75) is 6.54 Å². The molecule has 3 nitrogen and oxygen atoms in total. The van der Waals surface area contributed by atoms with Crippen LogP contribution < -0.4 is 5.32 Å². The topological polar surface area (TPSA) is 49.3 Å². The van der Waals surface area contributed by atoms with Crippen molar-refractivity contribution in [1.82, 2.24) is 5.32 Å². The summed E-state index contributed by atoms with van der Waals surface area (Å²) in [5, 5.41) is 12.3. The first-order valence-corrected chi connectivity index (χ1v) is 3.86. The molecule has 1 aromatic rings. The second kappa shape index (κ2) is 2.38. The monoisotopic (exact) mass is 183 g/mol. The molecule has 2 rings (SSSR count). The molecule has 1 heterocycles. The summed E-state index contributed by atoms with van der Waals surface area (Å²) in [5.74, 6) is -0.0985. The molecule has 0 radical (unpaired) electrons. The van der Waals surface area contributed by atoms with E-state index in [4.69, 9.17) is 11.6 Å². The molecule has 4 heteroatoms. The Morgan fingerprint density at radius 3 is 2.92 bits per heavy atom. The molecule has 0 bridgehead atoms. The van der Waals surface area contributed by atoms with Crippen molar-refractivity contribution in [2.24, 2.45) is 0 Å². The highest BCUT2D eigenvalue weighted by Gasteiger charge is 2.24. The molecule has 12 heavy (non-hydrogen) atoms. The fourth-order valence-corrected chi connectivity index (χ4v) is 1.55. The third-order valence-electron chi connectivity index (χ3n) is 1.89. The summed E-state index contributed by atoms with van der Waals surface area (Å²) in [4.78, 5) is 11.1. The van der Waals surface area contributed by atoms with Gasteiger partial charge in [0.15, 0.2) is 0 Å². The van der Waals surface area contributed by atoms with E-state index in [9.17, 15) is 9.90 Å². The van der Waals surface area contributed by atoms with Crippen LogP contribution in [0.15, 0.2) is 12.1 Å². The number of halogens is 1. The van der Waals surface area contributed by atoms with Crippen LogP contribution in [0.3, 0.4) is 0 Å². The minimum absolute atomic E-state index is 0.118. The number of nitrogens with one attached hydrogen (secondary N) is 1. The lowest BCUT2D eigenvalue weighted by Crippen LogP contribution is -2.12. The van der Waals surface area contributed by atoms with Crippen LogP contribution in [0.1, 0.15) is 15.9 Å². The van der Waals surface area contributed by atoms with E-state index >= 15 is 0 Å². The Labute approximate surface area is 74.0 Å². The van der Waals surface area contributed by atoms with Crippen LogP contribution in [-0.2, 0) is 6.54 Å². The van der Waals surface area contributed by atoms with E-state index in [1.165, 1.54) is 12.1 Å². The summed E-state index contributed by atoms with van der Waals surface area (Å²) < 4.78 is 0. The first-order valence-electron chi connectivity index (χ1n) is 3.48. The number of fused-ring (bicyclic) bond motifs is 1. The fraction of sp³-hybridized carbons (Fsp3) is 0.125. The molecular weight excluding hydrogens is 178 g/mol. The van der Waals surface area contributed by atoms with Crippen molar-refractivity contribution in [3.63, 3.8) is 0 Å². The van der Waals surface area contributed by atoms with E-state index in [1.54, 1.807) is 0 Å². The van der Waals surface area contributed by atoms with Gasteiger partial charge in [0, 0.05) is 12.1 Å². The highest BCUT2D eigenvalue weighted by Crippen LogP contribution is 2.30. The van der Waals surface area contributed by atoms with E-state index in [-0.39, 0.29) is 11.7 Å². The number of benzene rings is 1. The number of hydrogen-bond donors (Lipinski definition) is 2. The Morgan fingerprint density at radius 1 is 1.50 bits per heavy atom. The Morgan fingerprint density at radius 2 is 2.25 bits per heavy atom. The highest BCUT2D eigenvalue weighted by atomic mass is 35.5. The van der Waals surface area contributed by atoms with Crippen molar-refractivity contribution in [3.05, 3.63) is 28.3 Å².